The number of benzene rings is 1. The van der Waals surface area contributed by atoms with Crippen LogP contribution in [-0.2, 0) is 6.54 Å². The first kappa shape index (κ1) is 20.8. The molecule has 1 aliphatic rings. The average molecular weight is 403 g/mol. The topological polar surface area (TPSA) is 61.8 Å². The summed E-state index contributed by atoms with van der Waals surface area (Å²) in [7, 11) is 0. The van der Waals surface area contributed by atoms with Crippen LogP contribution in [0.1, 0.15) is 24.6 Å². The van der Waals surface area contributed by atoms with Gasteiger partial charge in [-0.3, -0.25) is 4.98 Å². The Morgan fingerprint density at radius 3 is 2.90 bits per heavy atom. The first-order chi connectivity index (χ1) is 14.1. The highest BCUT2D eigenvalue weighted by Crippen LogP contribution is 2.31. The van der Waals surface area contributed by atoms with Gasteiger partial charge in [-0.1, -0.05) is 18.2 Å². The molecular weight excluding hydrogens is 376 g/mol. The number of guanidine groups is 1. The van der Waals surface area contributed by atoms with E-state index in [1.54, 1.807) is 18.3 Å². The maximum Gasteiger partial charge on any atom is 0.387 e. The Morgan fingerprint density at radius 2 is 2.14 bits per heavy atom. The van der Waals surface area contributed by atoms with Crippen LogP contribution in [0, 0.1) is 6.92 Å². The van der Waals surface area contributed by atoms with E-state index < -0.39 is 6.61 Å². The van der Waals surface area contributed by atoms with E-state index in [1.165, 1.54) is 0 Å². The van der Waals surface area contributed by atoms with Crippen molar-refractivity contribution < 1.29 is 13.5 Å². The van der Waals surface area contributed by atoms with Crippen LogP contribution in [0.25, 0.3) is 0 Å². The van der Waals surface area contributed by atoms with Gasteiger partial charge in [0, 0.05) is 31.9 Å². The molecule has 0 radical (unpaired) electrons. The number of rotatable bonds is 7. The smallest absolute Gasteiger partial charge is 0.387 e. The standard InChI is InChI=1S/C21H27F2N5O/c1-3-24-21(26-13-17-15(2)7-6-11-25-17)27-16-10-12-28(14-16)18-8-4-5-9-19(18)29-20(22)23/h4-9,11,16,20H,3,10,12-14H2,1-2H3,(H2,24,26,27). The van der Waals surface area contributed by atoms with Gasteiger partial charge < -0.3 is 20.3 Å². The fourth-order valence-corrected chi connectivity index (χ4v) is 3.36. The number of aryl methyl sites for hydroxylation is 1. The van der Waals surface area contributed by atoms with Crippen molar-refractivity contribution in [2.24, 2.45) is 4.99 Å². The SMILES string of the molecule is CCNC(=NCc1ncccc1C)NC1CCN(c2ccccc2OC(F)F)C1. The lowest BCUT2D eigenvalue weighted by atomic mass is 10.2. The molecule has 1 fully saturated rings. The van der Waals surface area contributed by atoms with Crippen LogP contribution in [0.4, 0.5) is 14.5 Å². The molecule has 0 spiro atoms. The van der Waals surface area contributed by atoms with Gasteiger partial charge in [-0.05, 0) is 44.0 Å². The molecule has 1 atom stereocenters. The van der Waals surface area contributed by atoms with Crippen LogP contribution in [0.5, 0.6) is 5.75 Å². The summed E-state index contributed by atoms with van der Waals surface area (Å²) in [6, 6.07) is 11.0. The maximum absolute atomic E-state index is 12.7. The first-order valence-electron chi connectivity index (χ1n) is 9.81. The third-order valence-corrected chi connectivity index (χ3v) is 4.80. The van der Waals surface area contributed by atoms with Crippen molar-refractivity contribution in [3.63, 3.8) is 0 Å². The number of para-hydroxylation sites is 2. The number of ether oxygens (including phenoxy) is 1. The second-order valence-electron chi connectivity index (χ2n) is 6.88. The van der Waals surface area contributed by atoms with Crippen molar-refractivity contribution in [2.75, 3.05) is 24.5 Å². The number of nitrogens with one attached hydrogen (secondary N) is 2. The van der Waals surface area contributed by atoms with E-state index >= 15 is 0 Å². The second-order valence-corrected chi connectivity index (χ2v) is 6.88. The van der Waals surface area contributed by atoms with Crippen LogP contribution in [0.3, 0.4) is 0 Å². The summed E-state index contributed by atoms with van der Waals surface area (Å²) in [6.45, 7) is 3.86. The molecule has 2 aromatic rings. The van der Waals surface area contributed by atoms with E-state index in [0.29, 0.717) is 18.8 Å². The Labute approximate surface area is 170 Å². The van der Waals surface area contributed by atoms with Gasteiger partial charge in [0.05, 0.1) is 17.9 Å². The Morgan fingerprint density at radius 1 is 1.31 bits per heavy atom. The quantitative estimate of drug-likeness (QED) is 0.549. The van der Waals surface area contributed by atoms with Gasteiger partial charge in [0.15, 0.2) is 5.96 Å². The molecule has 29 heavy (non-hydrogen) atoms. The van der Waals surface area contributed by atoms with Crippen LogP contribution in [0.2, 0.25) is 0 Å². The van der Waals surface area contributed by atoms with Gasteiger partial charge in [0.1, 0.15) is 5.75 Å². The summed E-state index contributed by atoms with van der Waals surface area (Å²) in [5.74, 6) is 0.927. The molecule has 0 aliphatic carbocycles. The van der Waals surface area contributed by atoms with Crippen molar-refractivity contribution >= 4 is 11.6 Å². The van der Waals surface area contributed by atoms with Crippen molar-refractivity contribution in [3.05, 3.63) is 53.9 Å². The predicted octanol–water partition coefficient (Wildman–Crippen LogP) is 3.33. The van der Waals surface area contributed by atoms with E-state index in [1.807, 2.05) is 38.1 Å². The minimum absolute atomic E-state index is 0.150. The number of hydrogen-bond acceptors (Lipinski definition) is 4. The summed E-state index contributed by atoms with van der Waals surface area (Å²) < 4.78 is 30.1. The Kier molecular flexibility index (Phi) is 7.21. The Hall–Kier alpha value is -2.90. The molecule has 1 saturated heterocycles. The van der Waals surface area contributed by atoms with Crippen molar-refractivity contribution in [2.45, 2.75) is 39.5 Å². The summed E-state index contributed by atoms with van der Waals surface area (Å²) in [6.07, 6.45) is 2.64. The van der Waals surface area contributed by atoms with Gasteiger partial charge in [-0.25, -0.2) is 4.99 Å². The molecule has 1 unspecified atom stereocenters. The highest BCUT2D eigenvalue weighted by molar-refractivity contribution is 5.80. The molecule has 156 valence electrons. The highest BCUT2D eigenvalue weighted by atomic mass is 19.3. The average Bonchev–Trinajstić information content (AvgIpc) is 3.15. The number of alkyl halides is 2. The predicted molar refractivity (Wildman–Crippen MR) is 111 cm³/mol. The fourth-order valence-electron chi connectivity index (χ4n) is 3.36. The number of halogens is 2. The zero-order valence-electron chi connectivity index (χ0n) is 16.7. The van der Waals surface area contributed by atoms with Gasteiger partial charge in [-0.15, -0.1) is 0 Å². The van der Waals surface area contributed by atoms with Gasteiger partial charge in [-0.2, -0.15) is 8.78 Å². The van der Waals surface area contributed by atoms with E-state index in [-0.39, 0.29) is 11.8 Å². The zero-order valence-corrected chi connectivity index (χ0v) is 16.7. The molecule has 8 heteroatoms. The van der Waals surface area contributed by atoms with E-state index in [4.69, 9.17) is 0 Å². The number of pyridine rings is 1. The highest BCUT2D eigenvalue weighted by Gasteiger charge is 2.26. The fraction of sp³-hybridized carbons (Fsp3) is 0.429. The van der Waals surface area contributed by atoms with Crippen LogP contribution < -0.4 is 20.3 Å². The summed E-state index contributed by atoms with van der Waals surface area (Å²) in [4.78, 5) is 11.1. The normalized spacial score (nSPS) is 16.9. The molecule has 2 N–H and O–H groups in total. The van der Waals surface area contributed by atoms with Gasteiger partial charge in [0.2, 0.25) is 0 Å². The minimum atomic E-state index is -2.84. The molecule has 1 aliphatic heterocycles. The molecule has 1 aromatic heterocycles. The number of hydrogen-bond donors (Lipinski definition) is 2. The van der Waals surface area contributed by atoms with Crippen molar-refractivity contribution in [1.29, 1.82) is 0 Å². The number of anilines is 1. The molecule has 0 amide bonds. The molecule has 0 saturated carbocycles. The summed E-state index contributed by atoms with van der Waals surface area (Å²) in [5.41, 5.74) is 2.73. The van der Waals surface area contributed by atoms with E-state index in [2.05, 4.69) is 30.2 Å². The molecule has 3 rings (SSSR count). The lowest BCUT2D eigenvalue weighted by molar-refractivity contribution is -0.0495. The van der Waals surface area contributed by atoms with Crippen molar-refractivity contribution in [1.82, 2.24) is 15.6 Å². The molecule has 0 bridgehead atoms. The first-order valence-corrected chi connectivity index (χ1v) is 9.81. The molecular formula is C21H27F2N5O. The van der Waals surface area contributed by atoms with E-state index in [9.17, 15) is 8.78 Å². The van der Waals surface area contributed by atoms with E-state index in [0.717, 1.165) is 36.7 Å². The minimum Gasteiger partial charge on any atom is -0.433 e. The number of aliphatic imine (C=N–C) groups is 1. The second kappa shape index (κ2) is 10.0. The van der Waals surface area contributed by atoms with Gasteiger partial charge in [0.25, 0.3) is 0 Å². The molecule has 6 nitrogen and oxygen atoms in total. The lowest BCUT2D eigenvalue weighted by Crippen LogP contribution is -2.44. The maximum atomic E-state index is 12.7. The van der Waals surface area contributed by atoms with Crippen LogP contribution in [0.15, 0.2) is 47.6 Å². The zero-order chi connectivity index (χ0) is 20.6. The Bertz CT molecular complexity index is 830. The largest absolute Gasteiger partial charge is 0.433 e. The van der Waals surface area contributed by atoms with Crippen LogP contribution >= 0.6 is 0 Å². The molecule has 1 aromatic carbocycles. The van der Waals surface area contributed by atoms with Gasteiger partial charge >= 0.3 is 6.61 Å². The molecule has 2 heterocycles. The monoisotopic (exact) mass is 403 g/mol. The third-order valence-electron chi connectivity index (χ3n) is 4.80. The summed E-state index contributed by atoms with van der Waals surface area (Å²) >= 11 is 0. The number of nitrogens with zero attached hydrogens (tertiary/aromatic N) is 3. The summed E-state index contributed by atoms with van der Waals surface area (Å²) in [5, 5.41) is 6.71. The van der Waals surface area contributed by atoms with Crippen molar-refractivity contribution in [3.8, 4) is 5.75 Å². The lowest BCUT2D eigenvalue weighted by Gasteiger charge is -2.22. The number of aromatic nitrogens is 1. The third kappa shape index (κ3) is 5.79. The van der Waals surface area contributed by atoms with Crippen LogP contribution in [-0.4, -0.2) is 43.2 Å². The Balaban J connectivity index is 1.64.